The molecule has 7 heteroatoms. The van der Waals surface area contributed by atoms with Crippen LogP contribution in [0.3, 0.4) is 0 Å². The number of nitrogens with two attached hydrogens (primary N) is 1. The van der Waals surface area contributed by atoms with E-state index in [1.54, 1.807) is 11.4 Å². The average molecular weight is 306 g/mol. The van der Waals surface area contributed by atoms with Gasteiger partial charge in [0.05, 0.1) is 15.9 Å². The molecular formula is C9H12BrN3O2S. The van der Waals surface area contributed by atoms with Crippen molar-refractivity contribution in [3.8, 4) is 0 Å². The van der Waals surface area contributed by atoms with Gasteiger partial charge >= 0.3 is 0 Å². The van der Waals surface area contributed by atoms with Crippen LogP contribution in [-0.2, 0) is 0 Å². The van der Waals surface area contributed by atoms with Gasteiger partial charge in [-0.05, 0) is 28.9 Å². The Labute approximate surface area is 106 Å². The lowest BCUT2D eigenvalue weighted by Crippen LogP contribution is -2.38. The topological polar surface area (TPSA) is 78.9 Å². The van der Waals surface area contributed by atoms with E-state index in [2.05, 4.69) is 21.1 Å². The predicted octanol–water partition coefficient (Wildman–Crippen LogP) is 1.72. The number of rotatable bonds is 4. The zero-order chi connectivity index (χ0) is 12.1. The summed E-state index contributed by atoms with van der Waals surface area (Å²) in [5.41, 5.74) is 5.97. The van der Waals surface area contributed by atoms with E-state index in [0.29, 0.717) is 12.1 Å². The molecule has 0 aliphatic rings. The van der Waals surface area contributed by atoms with Crippen molar-refractivity contribution < 1.29 is 10.0 Å². The zero-order valence-electron chi connectivity index (χ0n) is 8.68. The maximum atomic E-state index is 12.0. The van der Waals surface area contributed by atoms with E-state index in [1.807, 2.05) is 6.92 Å². The second kappa shape index (κ2) is 5.86. The molecule has 0 saturated heterocycles. The Morgan fingerprint density at radius 2 is 2.44 bits per heavy atom. The lowest BCUT2D eigenvalue weighted by atomic mass is 10.3. The molecule has 0 saturated carbocycles. The van der Waals surface area contributed by atoms with Crippen molar-refractivity contribution in [2.24, 2.45) is 10.9 Å². The second-order valence-electron chi connectivity index (χ2n) is 3.05. The van der Waals surface area contributed by atoms with E-state index >= 15 is 0 Å². The molecule has 88 valence electrons. The first-order valence-corrected chi connectivity index (χ1v) is 6.25. The number of hydrogen-bond donors (Lipinski definition) is 2. The number of oxime groups is 1. The smallest absolute Gasteiger partial charge is 0.255 e. The molecule has 16 heavy (non-hydrogen) atoms. The van der Waals surface area contributed by atoms with Crippen LogP contribution in [0, 0.1) is 0 Å². The van der Waals surface area contributed by atoms with Gasteiger partial charge in [-0.2, -0.15) is 0 Å². The Balaban J connectivity index is 2.77. The lowest BCUT2D eigenvalue weighted by Gasteiger charge is -2.19. The number of halogens is 1. The van der Waals surface area contributed by atoms with E-state index in [4.69, 9.17) is 10.9 Å². The Bertz CT molecular complexity index is 405. The van der Waals surface area contributed by atoms with Crippen LogP contribution in [0.5, 0.6) is 0 Å². The minimum atomic E-state index is -0.129. The van der Waals surface area contributed by atoms with Gasteiger partial charge in [0.2, 0.25) is 0 Å². The summed E-state index contributed by atoms with van der Waals surface area (Å²) in [4.78, 5) is 13.5. The van der Waals surface area contributed by atoms with Gasteiger partial charge in [0.1, 0.15) is 0 Å². The summed E-state index contributed by atoms with van der Waals surface area (Å²) in [6.07, 6.45) is 0. The minimum absolute atomic E-state index is 0.0181. The zero-order valence-corrected chi connectivity index (χ0v) is 11.1. The molecule has 0 radical (unpaired) electrons. The van der Waals surface area contributed by atoms with Gasteiger partial charge in [0.25, 0.3) is 5.91 Å². The van der Waals surface area contributed by atoms with Crippen molar-refractivity contribution in [3.63, 3.8) is 0 Å². The molecule has 1 rings (SSSR count). The monoisotopic (exact) mass is 305 g/mol. The lowest BCUT2D eigenvalue weighted by molar-refractivity contribution is 0.0786. The van der Waals surface area contributed by atoms with Crippen molar-refractivity contribution in [1.29, 1.82) is 0 Å². The quantitative estimate of drug-likeness (QED) is 0.385. The molecule has 3 N–H and O–H groups in total. The number of nitrogens with zero attached hydrogens (tertiary/aromatic N) is 2. The molecule has 1 aromatic rings. The Hall–Kier alpha value is -1.08. The fraction of sp³-hybridized carbons (Fsp3) is 0.333. The number of carbonyl (C=O) groups excluding carboxylic acids is 1. The molecule has 1 aromatic heterocycles. The molecule has 0 bridgehead atoms. The third-order valence-electron chi connectivity index (χ3n) is 1.96. The summed E-state index contributed by atoms with van der Waals surface area (Å²) >= 11 is 4.74. The number of carbonyl (C=O) groups is 1. The number of hydrogen-bond acceptors (Lipinski definition) is 4. The van der Waals surface area contributed by atoms with Crippen LogP contribution in [0.2, 0.25) is 0 Å². The number of amidine groups is 1. The standard InChI is InChI=1S/C9H12BrN3O2S/c1-2-13(4-8(11)12-15)9(14)6-3-7(10)16-5-6/h3,5,15H,2,4H2,1H3,(H2,11,12). The highest BCUT2D eigenvalue weighted by Crippen LogP contribution is 2.21. The SMILES string of the molecule is CCN(CC(N)=NO)C(=O)c1csc(Br)c1. The van der Waals surface area contributed by atoms with Crippen LogP contribution >= 0.6 is 27.3 Å². The van der Waals surface area contributed by atoms with Crippen molar-refractivity contribution in [2.75, 3.05) is 13.1 Å². The summed E-state index contributed by atoms with van der Waals surface area (Å²) in [5.74, 6) is -0.111. The Morgan fingerprint density at radius 3 is 2.88 bits per heavy atom. The van der Waals surface area contributed by atoms with Gasteiger partial charge in [0.15, 0.2) is 5.84 Å². The van der Waals surface area contributed by atoms with Crippen LogP contribution in [0.15, 0.2) is 20.4 Å². The first kappa shape index (κ1) is 13.0. The molecule has 0 aliphatic heterocycles. The molecule has 0 spiro atoms. The van der Waals surface area contributed by atoms with Gasteiger partial charge in [-0.1, -0.05) is 5.16 Å². The first-order chi connectivity index (χ1) is 7.58. The van der Waals surface area contributed by atoms with Crippen LogP contribution in [0.25, 0.3) is 0 Å². The summed E-state index contributed by atoms with van der Waals surface area (Å²) in [7, 11) is 0. The Kier molecular flexibility index (Phi) is 4.75. The molecule has 0 atom stereocenters. The second-order valence-corrected chi connectivity index (χ2v) is 5.34. The van der Waals surface area contributed by atoms with E-state index < -0.39 is 0 Å². The highest BCUT2D eigenvalue weighted by atomic mass is 79.9. The summed E-state index contributed by atoms with van der Waals surface area (Å²) in [6, 6.07) is 1.75. The van der Waals surface area contributed by atoms with E-state index in [1.165, 1.54) is 16.2 Å². The van der Waals surface area contributed by atoms with Crippen molar-refractivity contribution >= 4 is 39.0 Å². The Morgan fingerprint density at radius 1 is 1.75 bits per heavy atom. The molecule has 1 amide bonds. The predicted molar refractivity (Wildman–Crippen MR) is 67.0 cm³/mol. The van der Waals surface area contributed by atoms with E-state index in [9.17, 15) is 4.79 Å². The maximum absolute atomic E-state index is 12.0. The van der Waals surface area contributed by atoms with Crippen molar-refractivity contribution in [1.82, 2.24) is 4.90 Å². The van der Waals surface area contributed by atoms with Gasteiger partial charge in [-0.3, -0.25) is 4.79 Å². The molecule has 1 heterocycles. The normalized spacial score (nSPS) is 11.5. The summed E-state index contributed by atoms with van der Waals surface area (Å²) < 4.78 is 0.899. The van der Waals surface area contributed by atoms with E-state index in [0.717, 1.165) is 3.79 Å². The fourth-order valence-corrected chi connectivity index (χ4v) is 2.29. The number of likely N-dealkylation sites (N-methyl/N-ethyl adjacent to an activating group) is 1. The maximum Gasteiger partial charge on any atom is 0.255 e. The number of thiophene rings is 1. The number of amides is 1. The molecule has 5 nitrogen and oxygen atoms in total. The molecule has 0 aliphatic carbocycles. The van der Waals surface area contributed by atoms with Crippen molar-refractivity contribution in [2.45, 2.75) is 6.92 Å². The third kappa shape index (κ3) is 3.21. The van der Waals surface area contributed by atoms with Gasteiger partial charge in [0, 0.05) is 11.9 Å². The summed E-state index contributed by atoms with van der Waals surface area (Å²) in [6.45, 7) is 2.46. The highest BCUT2D eigenvalue weighted by molar-refractivity contribution is 9.11. The minimum Gasteiger partial charge on any atom is -0.409 e. The molecular weight excluding hydrogens is 294 g/mol. The van der Waals surface area contributed by atoms with Crippen LogP contribution in [-0.4, -0.2) is 34.9 Å². The van der Waals surface area contributed by atoms with Gasteiger partial charge < -0.3 is 15.8 Å². The first-order valence-electron chi connectivity index (χ1n) is 4.58. The third-order valence-corrected chi connectivity index (χ3v) is 3.47. The van der Waals surface area contributed by atoms with Gasteiger partial charge in [-0.15, -0.1) is 11.3 Å². The average Bonchev–Trinajstić information content (AvgIpc) is 2.71. The van der Waals surface area contributed by atoms with Gasteiger partial charge in [-0.25, -0.2) is 0 Å². The highest BCUT2D eigenvalue weighted by Gasteiger charge is 2.16. The largest absolute Gasteiger partial charge is 0.409 e. The van der Waals surface area contributed by atoms with Crippen LogP contribution in [0.4, 0.5) is 0 Å². The van der Waals surface area contributed by atoms with Crippen LogP contribution < -0.4 is 5.73 Å². The van der Waals surface area contributed by atoms with Crippen molar-refractivity contribution in [3.05, 3.63) is 20.8 Å². The molecule has 0 aromatic carbocycles. The van der Waals surface area contributed by atoms with Crippen LogP contribution in [0.1, 0.15) is 17.3 Å². The molecule has 0 unspecified atom stereocenters. The molecule has 0 fully saturated rings. The summed E-state index contributed by atoms with van der Waals surface area (Å²) in [5, 5.41) is 13.1. The van der Waals surface area contributed by atoms with E-state index in [-0.39, 0.29) is 18.3 Å². The fourth-order valence-electron chi connectivity index (χ4n) is 1.16.